The van der Waals surface area contributed by atoms with E-state index in [9.17, 15) is 14.4 Å². The summed E-state index contributed by atoms with van der Waals surface area (Å²) in [7, 11) is 0. The van der Waals surface area contributed by atoms with Crippen molar-refractivity contribution in [2.75, 3.05) is 13.2 Å². The van der Waals surface area contributed by atoms with Crippen LogP contribution in [0.5, 0.6) is 11.5 Å². The minimum Gasteiger partial charge on any atom is -0.494 e. The number of nitrogens with zero attached hydrogens (tertiary/aromatic N) is 1. The molecular formula is C27H26ClN3O5. The number of amides is 2. The monoisotopic (exact) mass is 507 g/mol. The van der Waals surface area contributed by atoms with Crippen LogP contribution in [0.4, 0.5) is 0 Å². The lowest BCUT2D eigenvalue weighted by Gasteiger charge is -2.07. The number of carbonyl (C=O) groups is 3. The lowest BCUT2D eigenvalue weighted by molar-refractivity contribution is -0.120. The summed E-state index contributed by atoms with van der Waals surface area (Å²) in [6.45, 7) is 2.49. The molecule has 36 heavy (non-hydrogen) atoms. The van der Waals surface area contributed by atoms with Gasteiger partial charge in [-0.2, -0.15) is 5.10 Å². The molecule has 186 valence electrons. The van der Waals surface area contributed by atoms with Gasteiger partial charge >= 0.3 is 5.97 Å². The van der Waals surface area contributed by atoms with Gasteiger partial charge in [0.15, 0.2) is 0 Å². The predicted octanol–water partition coefficient (Wildman–Crippen LogP) is 4.62. The van der Waals surface area contributed by atoms with Crippen LogP contribution in [0.2, 0.25) is 5.02 Å². The third kappa shape index (κ3) is 8.56. The van der Waals surface area contributed by atoms with E-state index in [0.29, 0.717) is 39.8 Å². The summed E-state index contributed by atoms with van der Waals surface area (Å²) in [5.41, 5.74) is 3.81. The van der Waals surface area contributed by atoms with E-state index in [1.54, 1.807) is 72.8 Å². The van der Waals surface area contributed by atoms with Gasteiger partial charge in [-0.1, -0.05) is 24.9 Å². The smallest absolute Gasteiger partial charge is 0.343 e. The van der Waals surface area contributed by atoms with Gasteiger partial charge in [-0.05, 0) is 84.8 Å². The Morgan fingerprint density at radius 1 is 0.889 bits per heavy atom. The number of ether oxygens (including phenoxy) is 2. The molecule has 0 aliphatic carbocycles. The molecule has 9 heteroatoms. The number of rotatable bonds is 11. The maximum atomic E-state index is 12.4. The number of hydrogen-bond donors (Lipinski definition) is 2. The zero-order valence-electron chi connectivity index (χ0n) is 19.7. The highest BCUT2D eigenvalue weighted by Gasteiger charge is 2.09. The Morgan fingerprint density at radius 2 is 1.53 bits per heavy atom. The van der Waals surface area contributed by atoms with Crippen LogP contribution >= 0.6 is 11.6 Å². The van der Waals surface area contributed by atoms with Crippen molar-refractivity contribution in [3.05, 3.63) is 94.5 Å². The molecule has 2 amide bonds. The summed E-state index contributed by atoms with van der Waals surface area (Å²) >= 11 is 5.79. The zero-order chi connectivity index (χ0) is 25.8. The number of halogens is 1. The highest BCUT2D eigenvalue weighted by Crippen LogP contribution is 2.17. The van der Waals surface area contributed by atoms with Crippen molar-refractivity contribution in [2.45, 2.75) is 19.8 Å². The van der Waals surface area contributed by atoms with Crippen molar-refractivity contribution < 1.29 is 23.9 Å². The first-order chi connectivity index (χ1) is 17.4. The fourth-order valence-corrected chi connectivity index (χ4v) is 3.02. The highest BCUT2D eigenvalue weighted by atomic mass is 35.5. The van der Waals surface area contributed by atoms with E-state index in [1.165, 1.54) is 6.21 Å². The van der Waals surface area contributed by atoms with Crippen molar-refractivity contribution in [3.63, 3.8) is 0 Å². The van der Waals surface area contributed by atoms with E-state index >= 15 is 0 Å². The third-order valence-electron chi connectivity index (χ3n) is 4.87. The summed E-state index contributed by atoms with van der Waals surface area (Å²) < 4.78 is 11.0. The molecule has 8 nitrogen and oxygen atoms in total. The van der Waals surface area contributed by atoms with Gasteiger partial charge in [-0.3, -0.25) is 9.59 Å². The summed E-state index contributed by atoms with van der Waals surface area (Å²) in [6, 6.07) is 19.7. The van der Waals surface area contributed by atoms with Gasteiger partial charge in [0.05, 0.1) is 24.9 Å². The summed E-state index contributed by atoms with van der Waals surface area (Å²) in [6.07, 6.45) is 3.46. The van der Waals surface area contributed by atoms with Crippen molar-refractivity contribution in [1.29, 1.82) is 0 Å². The highest BCUT2D eigenvalue weighted by molar-refractivity contribution is 6.30. The number of benzene rings is 3. The molecule has 0 heterocycles. The molecule has 0 unspecified atom stereocenters. The van der Waals surface area contributed by atoms with E-state index in [1.807, 2.05) is 0 Å². The van der Waals surface area contributed by atoms with Gasteiger partial charge in [-0.25, -0.2) is 10.2 Å². The van der Waals surface area contributed by atoms with Crippen molar-refractivity contribution in [3.8, 4) is 11.5 Å². The minimum atomic E-state index is -0.485. The van der Waals surface area contributed by atoms with E-state index in [2.05, 4.69) is 22.8 Å². The first-order valence-corrected chi connectivity index (χ1v) is 11.7. The van der Waals surface area contributed by atoms with Gasteiger partial charge in [0, 0.05) is 10.6 Å². The molecule has 2 N–H and O–H groups in total. The van der Waals surface area contributed by atoms with Gasteiger partial charge in [0.1, 0.15) is 11.5 Å². The molecule has 0 aliphatic heterocycles. The van der Waals surface area contributed by atoms with Crippen LogP contribution in [0, 0.1) is 0 Å². The zero-order valence-corrected chi connectivity index (χ0v) is 20.5. The fraction of sp³-hybridized carbons (Fsp3) is 0.185. The average Bonchev–Trinajstić information content (AvgIpc) is 2.89. The molecule has 3 rings (SSSR count). The van der Waals surface area contributed by atoms with Crippen LogP contribution in [-0.4, -0.2) is 37.1 Å². The lowest BCUT2D eigenvalue weighted by Crippen LogP contribution is -2.34. The molecular weight excluding hydrogens is 482 g/mol. The molecule has 0 aliphatic rings. The van der Waals surface area contributed by atoms with E-state index < -0.39 is 17.8 Å². The second-order valence-corrected chi connectivity index (χ2v) is 8.10. The predicted molar refractivity (Wildman–Crippen MR) is 138 cm³/mol. The number of esters is 1. The Bertz CT molecular complexity index is 1190. The van der Waals surface area contributed by atoms with Crippen molar-refractivity contribution in [1.82, 2.24) is 10.7 Å². The summed E-state index contributed by atoms with van der Waals surface area (Å²) in [5, 5.41) is 6.88. The molecule has 0 saturated heterocycles. The number of nitrogens with one attached hydrogen (secondary N) is 2. The van der Waals surface area contributed by atoms with E-state index in [0.717, 1.165) is 12.8 Å². The maximum absolute atomic E-state index is 12.4. The minimum absolute atomic E-state index is 0.237. The Hall–Kier alpha value is -4.17. The Kier molecular flexibility index (Phi) is 10.0. The molecule has 0 saturated carbocycles. The maximum Gasteiger partial charge on any atom is 0.343 e. The average molecular weight is 508 g/mol. The fourth-order valence-electron chi connectivity index (χ4n) is 2.89. The van der Waals surface area contributed by atoms with Gasteiger partial charge < -0.3 is 14.8 Å². The molecule has 0 spiro atoms. The SMILES string of the molecule is CCCCOc1ccc(C(=O)Oc2ccc(/C=N/NC(=O)CNC(=O)c3ccc(Cl)cc3)cc2)cc1. The summed E-state index contributed by atoms with van der Waals surface area (Å²) in [4.78, 5) is 36.3. The lowest BCUT2D eigenvalue weighted by atomic mass is 10.2. The van der Waals surface area contributed by atoms with Crippen LogP contribution in [0.1, 0.15) is 46.0 Å². The summed E-state index contributed by atoms with van der Waals surface area (Å²) in [5.74, 6) is -0.286. The molecule has 3 aromatic carbocycles. The Morgan fingerprint density at radius 3 is 2.19 bits per heavy atom. The number of unbranched alkanes of at least 4 members (excludes halogenated alkanes) is 1. The van der Waals surface area contributed by atoms with Crippen molar-refractivity contribution >= 4 is 35.6 Å². The largest absolute Gasteiger partial charge is 0.494 e. The second-order valence-electron chi connectivity index (χ2n) is 7.67. The van der Waals surface area contributed by atoms with Crippen LogP contribution in [0.25, 0.3) is 0 Å². The topological polar surface area (TPSA) is 106 Å². The first-order valence-electron chi connectivity index (χ1n) is 11.4. The molecule has 0 atom stereocenters. The number of hydrogen-bond acceptors (Lipinski definition) is 6. The molecule has 0 aromatic heterocycles. The molecule has 0 fully saturated rings. The third-order valence-corrected chi connectivity index (χ3v) is 5.12. The van der Waals surface area contributed by atoms with Gasteiger partial charge in [0.2, 0.25) is 0 Å². The van der Waals surface area contributed by atoms with E-state index in [-0.39, 0.29) is 6.54 Å². The molecule has 3 aromatic rings. The van der Waals surface area contributed by atoms with Crippen LogP contribution < -0.4 is 20.2 Å². The standard InChI is InChI=1S/C27H26ClN3O5/c1-2-3-16-35-23-14-8-21(9-15-23)27(34)36-24-12-4-19(5-13-24)17-30-31-25(32)18-29-26(33)20-6-10-22(28)11-7-20/h4-15,17H,2-3,16,18H2,1H3,(H,29,33)(H,31,32)/b30-17+. The normalized spacial score (nSPS) is 10.6. The molecule has 0 radical (unpaired) electrons. The second kappa shape index (κ2) is 13.7. The Labute approximate surface area is 214 Å². The number of carbonyl (C=O) groups excluding carboxylic acids is 3. The van der Waals surface area contributed by atoms with E-state index in [4.69, 9.17) is 21.1 Å². The van der Waals surface area contributed by atoms with Crippen LogP contribution in [-0.2, 0) is 4.79 Å². The number of hydrazone groups is 1. The van der Waals surface area contributed by atoms with Crippen molar-refractivity contribution in [2.24, 2.45) is 5.10 Å². The van der Waals surface area contributed by atoms with Crippen LogP contribution in [0.3, 0.4) is 0 Å². The first kappa shape index (κ1) is 26.4. The van der Waals surface area contributed by atoms with Crippen LogP contribution in [0.15, 0.2) is 77.9 Å². The Balaban J connectivity index is 1.42. The van der Waals surface area contributed by atoms with Gasteiger partial charge in [-0.15, -0.1) is 0 Å². The quantitative estimate of drug-likeness (QED) is 0.129. The molecule has 0 bridgehead atoms. The van der Waals surface area contributed by atoms with Gasteiger partial charge in [0.25, 0.3) is 11.8 Å².